The van der Waals surface area contributed by atoms with Crippen molar-refractivity contribution in [2.24, 2.45) is 0 Å². The molecular weight excluding hydrogens is 202 g/mol. The molecular formula is C8H3ClF2S. The third-order valence-electron chi connectivity index (χ3n) is 1.55. The molecule has 4 heteroatoms. The molecule has 0 radical (unpaired) electrons. The Morgan fingerprint density at radius 1 is 1.17 bits per heavy atom. The van der Waals surface area contributed by atoms with E-state index in [-0.39, 0.29) is 10.4 Å². The van der Waals surface area contributed by atoms with Gasteiger partial charge in [0.1, 0.15) is 11.6 Å². The van der Waals surface area contributed by atoms with E-state index in [1.165, 1.54) is 17.5 Å². The van der Waals surface area contributed by atoms with Gasteiger partial charge in [-0.2, -0.15) is 0 Å². The zero-order chi connectivity index (χ0) is 8.72. The number of hydrogen-bond donors (Lipinski definition) is 0. The fourth-order valence-corrected chi connectivity index (χ4v) is 2.04. The first-order chi connectivity index (χ1) is 5.68. The van der Waals surface area contributed by atoms with E-state index in [1.54, 1.807) is 0 Å². The predicted octanol–water partition coefficient (Wildman–Crippen LogP) is 3.83. The van der Waals surface area contributed by atoms with Gasteiger partial charge in [0.05, 0.1) is 4.70 Å². The molecule has 0 spiro atoms. The van der Waals surface area contributed by atoms with Crippen molar-refractivity contribution in [3.63, 3.8) is 0 Å². The lowest BCUT2D eigenvalue weighted by Gasteiger charge is -1.93. The summed E-state index contributed by atoms with van der Waals surface area (Å²) in [6, 6.07) is 2.60. The highest BCUT2D eigenvalue weighted by Crippen LogP contribution is 2.29. The first-order valence-electron chi connectivity index (χ1n) is 3.20. The maximum absolute atomic E-state index is 13.0. The van der Waals surface area contributed by atoms with Crippen LogP contribution in [0.4, 0.5) is 8.78 Å². The second-order valence-electron chi connectivity index (χ2n) is 2.35. The van der Waals surface area contributed by atoms with Crippen molar-refractivity contribution in [2.75, 3.05) is 0 Å². The lowest BCUT2D eigenvalue weighted by molar-refractivity contribution is 0.635. The van der Waals surface area contributed by atoms with E-state index in [9.17, 15) is 8.78 Å². The zero-order valence-electron chi connectivity index (χ0n) is 5.77. The number of thiophene rings is 1. The van der Waals surface area contributed by atoms with E-state index in [2.05, 4.69) is 0 Å². The standard InChI is InChI=1S/C8H3ClF2S/c9-4-1-5-7(11)3-12-8(5)6(10)2-4/h1-3H. The molecule has 0 amide bonds. The number of fused-ring (bicyclic) bond motifs is 1. The zero-order valence-corrected chi connectivity index (χ0v) is 7.35. The fourth-order valence-electron chi connectivity index (χ4n) is 1.03. The molecule has 0 unspecified atom stereocenters. The molecule has 62 valence electrons. The second-order valence-corrected chi connectivity index (χ2v) is 3.66. The summed E-state index contributed by atoms with van der Waals surface area (Å²) in [6.45, 7) is 0. The maximum Gasteiger partial charge on any atom is 0.142 e. The third-order valence-corrected chi connectivity index (χ3v) is 2.74. The molecule has 2 aromatic rings. The second kappa shape index (κ2) is 2.68. The van der Waals surface area contributed by atoms with E-state index in [1.807, 2.05) is 0 Å². The summed E-state index contributed by atoms with van der Waals surface area (Å²) in [6.07, 6.45) is 0. The minimum Gasteiger partial charge on any atom is -0.205 e. The van der Waals surface area contributed by atoms with Crippen molar-refractivity contribution in [3.05, 3.63) is 34.2 Å². The van der Waals surface area contributed by atoms with Gasteiger partial charge in [-0.1, -0.05) is 11.6 Å². The normalized spacial score (nSPS) is 10.9. The largest absolute Gasteiger partial charge is 0.205 e. The minimum atomic E-state index is -0.466. The molecule has 0 saturated carbocycles. The molecule has 0 bridgehead atoms. The van der Waals surface area contributed by atoms with Gasteiger partial charge in [-0.25, -0.2) is 8.78 Å². The van der Waals surface area contributed by atoms with E-state index in [0.717, 1.165) is 11.3 Å². The van der Waals surface area contributed by atoms with Crippen LogP contribution in [0.25, 0.3) is 10.1 Å². The van der Waals surface area contributed by atoms with Crippen LogP contribution in [0, 0.1) is 11.6 Å². The molecule has 0 N–H and O–H groups in total. The Balaban J connectivity index is 2.92. The highest BCUT2D eigenvalue weighted by atomic mass is 35.5. The van der Waals surface area contributed by atoms with Crippen molar-refractivity contribution in [2.45, 2.75) is 0 Å². The van der Waals surface area contributed by atoms with Crippen LogP contribution in [0.2, 0.25) is 5.02 Å². The number of benzene rings is 1. The molecule has 1 aromatic heterocycles. The maximum atomic E-state index is 13.0. The number of hydrogen-bond acceptors (Lipinski definition) is 1. The topological polar surface area (TPSA) is 0 Å². The Hall–Kier alpha value is -0.670. The molecule has 0 aliphatic heterocycles. The van der Waals surface area contributed by atoms with Crippen molar-refractivity contribution in [1.29, 1.82) is 0 Å². The van der Waals surface area contributed by atoms with E-state index >= 15 is 0 Å². The molecule has 12 heavy (non-hydrogen) atoms. The molecule has 2 rings (SSSR count). The Morgan fingerprint density at radius 3 is 2.67 bits per heavy atom. The lowest BCUT2D eigenvalue weighted by atomic mass is 10.2. The van der Waals surface area contributed by atoms with Gasteiger partial charge in [0.15, 0.2) is 0 Å². The van der Waals surface area contributed by atoms with Gasteiger partial charge < -0.3 is 0 Å². The van der Waals surface area contributed by atoms with E-state index in [4.69, 9.17) is 11.6 Å². The van der Waals surface area contributed by atoms with Crippen LogP contribution in [-0.4, -0.2) is 0 Å². The van der Waals surface area contributed by atoms with Crippen LogP contribution in [0.1, 0.15) is 0 Å². The monoisotopic (exact) mass is 204 g/mol. The van der Waals surface area contributed by atoms with Crippen molar-refractivity contribution >= 4 is 33.0 Å². The smallest absolute Gasteiger partial charge is 0.142 e. The predicted molar refractivity (Wildman–Crippen MR) is 46.8 cm³/mol. The van der Waals surface area contributed by atoms with Crippen molar-refractivity contribution < 1.29 is 8.78 Å². The fraction of sp³-hybridized carbons (Fsp3) is 0. The molecule has 0 atom stereocenters. The summed E-state index contributed by atoms with van der Waals surface area (Å²) in [4.78, 5) is 0. The van der Waals surface area contributed by atoms with Gasteiger partial charge in [-0.3, -0.25) is 0 Å². The molecule has 0 fully saturated rings. The quantitative estimate of drug-likeness (QED) is 0.612. The van der Waals surface area contributed by atoms with Crippen LogP contribution in [-0.2, 0) is 0 Å². The average molecular weight is 205 g/mol. The SMILES string of the molecule is Fc1csc2c(F)cc(Cl)cc12. The van der Waals surface area contributed by atoms with Gasteiger partial charge in [0.2, 0.25) is 0 Å². The molecule has 0 aliphatic carbocycles. The van der Waals surface area contributed by atoms with Gasteiger partial charge in [-0.05, 0) is 12.1 Å². The van der Waals surface area contributed by atoms with Gasteiger partial charge >= 0.3 is 0 Å². The molecule has 0 saturated heterocycles. The molecule has 0 nitrogen and oxygen atoms in total. The lowest BCUT2D eigenvalue weighted by Crippen LogP contribution is -1.75. The summed E-state index contributed by atoms with van der Waals surface area (Å²) in [5, 5.41) is 1.74. The Labute approximate surface area is 76.4 Å². The summed E-state index contributed by atoms with van der Waals surface area (Å²) in [5.41, 5.74) is 0. The highest BCUT2D eigenvalue weighted by Gasteiger charge is 2.08. The van der Waals surface area contributed by atoms with E-state index < -0.39 is 11.6 Å². The summed E-state index contributed by atoms with van der Waals surface area (Å²) in [7, 11) is 0. The summed E-state index contributed by atoms with van der Waals surface area (Å²) >= 11 is 6.59. The molecule has 0 aliphatic rings. The Kier molecular flexibility index (Phi) is 1.77. The van der Waals surface area contributed by atoms with Gasteiger partial charge in [0, 0.05) is 15.8 Å². The highest BCUT2D eigenvalue weighted by molar-refractivity contribution is 7.17. The van der Waals surface area contributed by atoms with Crippen LogP contribution in [0.15, 0.2) is 17.5 Å². The van der Waals surface area contributed by atoms with Crippen LogP contribution in [0.3, 0.4) is 0 Å². The summed E-state index contributed by atoms with van der Waals surface area (Å²) < 4.78 is 26.2. The summed E-state index contributed by atoms with van der Waals surface area (Å²) in [5.74, 6) is -0.886. The first-order valence-corrected chi connectivity index (χ1v) is 4.46. The van der Waals surface area contributed by atoms with Gasteiger partial charge in [-0.15, -0.1) is 11.3 Å². The average Bonchev–Trinajstić information content (AvgIpc) is 2.33. The molecule has 1 heterocycles. The van der Waals surface area contributed by atoms with Crippen LogP contribution < -0.4 is 0 Å². The number of halogens is 3. The van der Waals surface area contributed by atoms with Crippen LogP contribution >= 0.6 is 22.9 Å². The van der Waals surface area contributed by atoms with Gasteiger partial charge in [0.25, 0.3) is 0 Å². The Bertz CT molecular complexity index is 436. The molecule has 1 aromatic carbocycles. The van der Waals surface area contributed by atoms with Crippen LogP contribution in [0.5, 0.6) is 0 Å². The first kappa shape index (κ1) is 7.95. The third kappa shape index (κ3) is 1.09. The Morgan fingerprint density at radius 2 is 1.92 bits per heavy atom. The van der Waals surface area contributed by atoms with Crippen molar-refractivity contribution in [3.8, 4) is 0 Å². The minimum absolute atomic E-state index is 0.220. The van der Waals surface area contributed by atoms with Crippen molar-refractivity contribution in [1.82, 2.24) is 0 Å². The number of rotatable bonds is 0. The van der Waals surface area contributed by atoms with E-state index in [0.29, 0.717) is 4.70 Å².